The highest BCUT2D eigenvalue weighted by Crippen LogP contribution is 2.41. The summed E-state index contributed by atoms with van der Waals surface area (Å²) in [4.78, 5) is 0.376. The predicted molar refractivity (Wildman–Crippen MR) is 77.8 cm³/mol. The topological polar surface area (TPSA) is 38.0 Å². The molecule has 1 saturated carbocycles. The van der Waals surface area contributed by atoms with Crippen LogP contribution in [0.5, 0.6) is 0 Å². The van der Waals surface area contributed by atoms with Crippen molar-refractivity contribution in [3.63, 3.8) is 0 Å². The Morgan fingerprint density at radius 2 is 2.12 bits per heavy atom. The highest BCUT2D eigenvalue weighted by Gasteiger charge is 2.37. The number of hydrogen-bond donors (Lipinski definition) is 2. The van der Waals surface area contributed by atoms with E-state index in [9.17, 15) is 0 Å². The third-order valence-corrected chi connectivity index (χ3v) is 3.76. The molecule has 0 bridgehead atoms. The summed E-state index contributed by atoms with van der Waals surface area (Å²) < 4.78 is 0. The third-order valence-electron chi connectivity index (χ3n) is 3.30. The lowest BCUT2D eigenvalue weighted by molar-refractivity contribution is 0.494. The summed E-state index contributed by atoms with van der Waals surface area (Å²) in [7, 11) is 0. The smallest absolute Gasteiger partial charge is 0.106 e. The molecule has 0 atom stereocenters. The second-order valence-electron chi connectivity index (χ2n) is 5.18. The van der Waals surface area contributed by atoms with Crippen molar-refractivity contribution >= 4 is 34.5 Å². The van der Waals surface area contributed by atoms with E-state index in [4.69, 9.17) is 29.6 Å². The first kappa shape index (κ1) is 12.7. The van der Waals surface area contributed by atoms with Gasteiger partial charge in [-0.05, 0) is 50.8 Å². The van der Waals surface area contributed by atoms with Gasteiger partial charge in [0.15, 0.2) is 0 Å². The molecule has 1 fully saturated rings. The number of rotatable bonds is 4. The van der Waals surface area contributed by atoms with Gasteiger partial charge in [-0.2, -0.15) is 0 Å². The zero-order valence-electron chi connectivity index (χ0n) is 10.1. The van der Waals surface area contributed by atoms with Crippen LogP contribution in [0.15, 0.2) is 18.2 Å². The zero-order chi connectivity index (χ0) is 12.6. The minimum Gasteiger partial charge on any atom is -0.389 e. The van der Waals surface area contributed by atoms with Crippen LogP contribution in [-0.2, 0) is 0 Å². The molecule has 0 aromatic heterocycles. The summed E-state index contributed by atoms with van der Waals surface area (Å²) in [5.74, 6) is 0.734. The van der Waals surface area contributed by atoms with Crippen LogP contribution < -0.4 is 11.1 Å². The Hall–Kier alpha value is -0.800. The minimum atomic E-state index is 0.0767. The van der Waals surface area contributed by atoms with Crippen molar-refractivity contribution in [3.05, 3.63) is 28.8 Å². The molecule has 1 aliphatic rings. The number of halogens is 1. The number of nitrogens with two attached hydrogens (primary N) is 1. The second kappa shape index (κ2) is 4.46. The van der Waals surface area contributed by atoms with Crippen molar-refractivity contribution in [2.24, 2.45) is 11.7 Å². The lowest BCUT2D eigenvalue weighted by Gasteiger charge is -2.28. The van der Waals surface area contributed by atoms with Crippen molar-refractivity contribution < 1.29 is 0 Å². The first-order chi connectivity index (χ1) is 7.90. The third kappa shape index (κ3) is 2.90. The predicted octanol–water partition coefficient (Wildman–Crippen LogP) is 3.57. The maximum Gasteiger partial charge on any atom is 0.106 e. The molecule has 2 nitrogen and oxygen atoms in total. The van der Waals surface area contributed by atoms with Gasteiger partial charge in [0.05, 0.1) is 0 Å². The Morgan fingerprint density at radius 1 is 1.47 bits per heavy atom. The Morgan fingerprint density at radius 3 is 2.65 bits per heavy atom. The van der Waals surface area contributed by atoms with Crippen molar-refractivity contribution in [2.45, 2.75) is 32.2 Å². The Labute approximate surface area is 113 Å². The molecule has 92 valence electrons. The molecule has 0 heterocycles. The molecule has 0 radical (unpaired) electrons. The van der Waals surface area contributed by atoms with Crippen molar-refractivity contribution in [2.75, 3.05) is 5.32 Å². The Kier molecular flexibility index (Phi) is 3.32. The molecule has 17 heavy (non-hydrogen) atoms. The molecule has 0 amide bonds. The van der Waals surface area contributed by atoms with E-state index in [0.29, 0.717) is 10.0 Å². The minimum absolute atomic E-state index is 0.0767. The van der Waals surface area contributed by atoms with Crippen LogP contribution in [0, 0.1) is 5.92 Å². The molecule has 0 aliphatic heterocycles. The monoisotopic (exact) mass is 268 g/mol. The van der Waals surface area contributed by atoms with Crippen LogP contribution in [0.2, 0.25) is 5.02 Å². The average molecular weight is 269 g/mol. The van der Waals surface area contributed by atoms with E-state index in [1.807, 2.05) is 18.2 Å². The van der Waals surface area contributed by atoms with Crippen LogP contribution in [0.4, 0.5) is 5.69 Å². The molecule has 0 saturated heterocycles. The summed E-state index contributed by atoms with van der Waals surface area (Å²) in [5.41, 5.74) is 7.60. The van der Waals surface area contributed by atoms with Crippen molar-refractivity contribution in [1.29, 1.82) is 0 Å². The number of benzene rings is 1. The van der Waals surface area contributed by atoms with Crippen LogP contribution in [0.1, 0.15) is 32.3 Å². The number of anilines is 1. The normalized spacial score (nSPS) is 15.7. The molecule has 1 aromatic rings. The van der Waals surface area contributed by atoms with Crippen LogP contribution in [0.25, 0.3) is 0 Å². The number of hydrogen-bond acceptors (Lipinski definition) is 2. The summed E-state index contributed by atoms with van der Waals surface area (Å²) in [6.07, 6.45) is 2.58. The number of thiocarbonyl (C=S) groups is 1. The molecule has 3 N–H and O–H groups in total. The van der Waals surface area contributed by atoms with Gasteiger partial charge in [0.25, 0.3) is 0 Å². The SMILES string of the molecule is CC(C)(Nc1ccc(Cl)cc1C(N)=S)C1CC1. The molecule has 1 aliphatic carbocycles. The van der Waals surface area contributed by atoms with Gasteiger partial charge >= 0.3 is 0 Å². The maximum atomic E-state index is 5.96. The molecule has 0 unspecified atom stereocenters. The van der Waals surface area contributed by atoms with E-state index in [0.717, 1.165) is 17.2 Å². The molecule has 2 rings (SSSR count). The summed E-state index contributed by atoms with van der Waals surface area (Å²) in [5, 5.41) is 4.19. The highest BCUT2D eigenvalue weighted by molar-refractivity contribution is 7.80. The quantitative estimate of drug-likeness (QED) is 0.820. The van der Waals surface area contributed by atoms with Gasteiger partial charge in [-0.3, -0.25) is 0 Å². The maximum absolute atomic E-state index is 5.96. The van der Waals surface area contributed by atoms with E-state index >= 15 is 0 Å². The molecule has 1 aromatic carbocycles. The molecular formula is C13H17ClN2S. The zero-order valence-corrected chi connectivity index (χ0v) is 11.7. The van der Waals surface area contributed by atoms with Crippen LogP contribution >= 0.6 is 23.8 Å². The van der Waals surface area contributed by atoms with Crippen molar-refractivity contribution in [3.8, 4) is 0 Å². The van der Waals surface area contributed by atoms with E-state index < -0.39 is 0 Å². The summed E-state index contributed by atoms with van der Waals surface area (Å²) >= 11 is 11.0. The van der Waals surface area contributed by atoms with Crippen LogP contribution in [-0.4, -0.2) is 10.5 Å². The van der Waals surface area contributed by atoms with Gasteiger partial charge in [-0.15, -0.1) is 0 Å². The molecule has 0 spiro atoms. The number of nitrogens with one attached hydrogen (secondary N) is 1. The second-order valence-corrected chi connectivity index (χ2v) is 6.05. The van der Waals surface area contributed by atoms with Gasteiger partial charge in [-0.25, -0.2) is 0 Å². The molecule has 4 heteroatoms. The first-order valence-electron chi connectivity index (χ1n) is 5.77. The summed E-state index contributed by atoms with van der Waals surface area (Å²) in [6.45, 7) is 4.42. The van der Waals surface area contributed by atoms with Gasteiger partial charge in [0.2, 0.25) is 0 Å². The largest absolute Gasteiger partial charge is 0.389 e. The van der Waals surface area contributed by atoms with E-state index in [2.05, 4.69) is 19.2 Å². The Balaban J connectivity index is 2.28. The van der Waals surface area contributed by atoms with E-state index in [-0.39, 0.29) is 5.54 Å². The fourth-order valence-corrected chi connectivity index (χ4v) is 2.42. The van der Waals surface area contributed by atoms with Crippen molar-refractivity contribution in [1.82, 2.24) is 0 Å². The van der Waals surface area contributed by atoms with E-state index in [1.54, 1.807) is 0 Å². The highest BCUT2D eigenvalue weighted by atomic mass is 35.5. The van der Waals surface area contributed by atoms with Crippen LogP contribution in [0.3, 0.4) is 0 Å². The van der Waals surface area contributed by atoms with Gasteiger partial charge < -0.3 is 11.1 Å². The van der Waals surface area contributed by atoms with Gasteiger partial charge in [-0.1, -0.05) is 23.8 Å². The molecular weight excluding hydrogens is 252 g/mol. The fourth-order valence-electron chi connectivity index (χ4n) is 2.08. The lowest BCUT2D eigenvalue weighted by atomic mass is 9.97. The standard InChI is InChI=1S/C13H17ClN2S/c1-13(2,8-3-4-8)16-11-6-5-9(14)7-10(11)12(15)17/h5-8,16H,3-4H2,1-2H3,(H2,15,17). The van der Waals surface area contributed by atoms with E-state index in [1.165, 1.54) is 12.8 Å². The fraction of sp³-hybridized carbons (Fsp3) is 0.462. The summed E-state index contributed by atoms with van der Waals surface area (Å²) in [6, 6.07) is 5.62. The average Bonchev–Trinajstić information content (AvgIpc) is 3.03. The Bertz CT molecular complexity index is 453. The van der Waals surface area contributed by atoms with Gasteiger partial charge in [0.1, 0.15) is 4.99 Å². The van der Waals surface area contributed by atoms with Gasteiger partial charge in [0, 0.05) is 21.8 Å². The lowest BCUT2D eigenvalue weighted by Crippen LogP contribution is -2.34. The first-order valence-corrected chi connectivity index (χ1v) is 6.56.